The molecule has 15 heavy (non-hydrogen) atoms. The van der Waals surface area contributed by atoms with Gasteiger partial charge in [-0.3, -0.25) is 4.79 Å². The zero-order valence-electron chi connectivity index (χ0n) is 8.75. The quantitative estimate of drug-likeness (QED) is 0.354. The van der Waals surface area contributed by atoms with E-state index in [1.807, 2.05) is 0 Å². The van der Waals surface area contributed by atoms with Gasteiger partial charge in [0, 0.05) is 20.2 Å². The third kappa shape index (κ3) is 11.0. The Kier molecular flexibility index (Phi) is 9.04. The predicted molar refractivity (Wildman–Crippen MR) is 60.5 cm³/mol. The summed E-state index contributed by atoms with van der Waals surface area (Å²) in [6, 6.07) is 0. The summed E-state index contributed by atoms with van der Waals surface area (Å²) in [5.74, 6) is -0.476. The maximum Gasteiger partial charge on any atom is 0.243 e. The fraction of sp³-hybridized carbons (Fsp3) is 0.750. The van der Waals surface area contributed by atoms with Crippen LogP contribution in [0.25, 0.3) is 0 Å². The van der Waals surface area contributed by atoms with Crippen LogP contribution in [0.2, 0.25) is 0 Å². The monoisotopic (exact) mass is 235 g/mol. The third-order valence-corrected chi connectivity index (χ3v) is 1.66. The number of hydrogen-bond donors (Lipinski definition) is 3. The molecular formula is C8H17N3O3S. The normalized spacial score (nSPS) is 9.67. The Bertz CT molecular complexity index is 202. The number of thiocarbonyl (C=S) groups is 1. The van der Waals surface area contributed by atoms with Crippen LogP contribution in [0.3, 0.4) is 0 Å². The molecule has 0 aromatic heterocycles. The summed E-state index contributed by atoms with van der Waals surface area (Å²) < 4.78 is 9.76. The van der Waals surface area contributed by atoms with E-state index < -0.39 is 5.91 Å². The van der Waals surface area contributed by atoms with Crippen molar-refractivity contribution in [2.24, 2.45) is 5.73 Å². The Hall–Kier alpha value is -0.920. The first-order chi connectivity index (χ1) is 7.16. The minimum atomic E-state index is -0.476. The van der Waals surface area contributed by atoms with Gasteiger partial charge in [0.2, 0.25) is 5.91 Å². The summed E-state index contributed by atoms with van der Waals surface area (Å²) in [7, 11) is 1.62. The number of ether oxygens (including phenoxy) is 2. The van der Waals surface area contributed by atoms with Crippen molar-refractivity contribution < 1.29 is 14.3 Å². The highest BCUT2D eigenvalue weighted by atomic mass is 32.1. The Labute approximate surface area is 94.5 Å². The van der Waals surface area contributed by atoms with Gasteiger partial charge in [0.15, 0.2) is 5.11 Å². The molecule has 4 N–H and O–H groups in total. The second kappa shape index (κ2) is 9.63. The average molecular weight is 235 g/mol. The van der Waals surface area contributed by atoms with Crippen LogP contribution in [0.5, 0.6) is 0 Å². The number of primary amides is 1. The molecule has 0 spiro atoms. The fourth-order valence-corrected chi connectivity index (χ4v) is 0.943. The standard InChI is InChI=1S/C8H17N3O3S/c1-13-4-2-10-8(15)11-3-5-14-6-7(9)12/h2-6H2,1H3,(H2,9,12)(H2,10,11,15). The molecule has 0 heterocycles. The molecule has 0 aliphatic rings. The summed E-state index contributed by atoms with van der Waals surface area (Å²) >= 11 is 4.94. The van der Waals surface area contributed by atoms with Crippen molar-refractivity contribution in [3.8, 4) is 0 Å². The van der Waals surface area contributed by atoms with Crippen molar-refractivity contribution in [1.29, 1.82) is 0 Å². The molecule has 0 aliphatic heterocycles. The van der Waals surface area contributed by atoms with Gasteiger partial charge in [-0.05, 0) is 12.2 Å². The van der Waals surface area contributed by atoms with Gasteiger partial charge in [0.1, 0.15) is 6.61 Å². The topological polar surface area (TPSA) is 85.6 Å². The molecular weight excluding hydrogens is 218 g/mol. The minimum absolute atomic E-state index is 0.0639. The van der Waals surface area contributed by atoms with E-state index in [4.69, 9.17) is 27.4 Å². The van der Waals surface area contributed by atoms with E-state index in [9.17, 15) is 4.79 Å². The zero-order valence-corrected chi connectivity index (χ0v) is 9.56. The molecule has 0 unspecified atom stereocenters. The van der Waals surface area contributed by atoms with Crippen LogP contribution in [-0.4, -0.2) is 51.0 Å². The summed E-state index contributed by atoms with van der Waals surface area (Å²) in [6.45, 7) is 2.11. The largest absolute Gasteiger partial charge is 0.383 e. The van der Waals surface area contributed by atoms with Gasteiger partial charge in [0.25, 0.3) is 0 Å². The Morgan fingerprint density at radius 3 is 2.47 bits per heavy atom. The van der Waals surface area contributed by atoms with Gasteiger partial charge >= 0.3 is 0 Å². The van der Waals surface area contributed by atoms with Crippen molar-refractivity contribution in [2.75, 3.05) is 40.0 Å². The number of methoxy groups -OCH3 is 1. The highest BCUT2D eigenvalue weighted by Gasteiger charge is 1.95. The van der Waals surface area contributed by atoms with E-state index in [2.05, 4.69) is 10.6 Å². The number of nitrogens with one attached hydrogen (secondary N) is 2. The van der Waals surface area contributed by atoms with Crippen LogP contribution < -0.4 is 16.4 Å². The third-order valence-electron chi connectivity index (χ3n) is 1.37. The molecule has 1 amide bonds. The highest BCUT2D eigenvalue weighted by Crippen LogP contribution is 1.73. The van der Waals surface area contributed by atoms with Crippen molar-refractivity contribution in [3.63, 3.8) is 0 Å². The molecule has 0 saturated carbocycles. The first-order valence-corrected chi connectivity index (χ1v) is 4.94. The number of nitrogens with two attached hydrogens (primary N) is 1. The Morgan fingerprint density at radius 2 is 1.93 bits per heavy atom. The lowest BCUT2D eigenvalue weighted by Gasteiger charge is -2.09. The summed E-state index contributed by atoms with van der Waals surface area (Å²) in [5.41, 5.74) is 4.88. The Morgan fingerprint density at radius 1 is 1.33 bits per heavy atom. The molecule has 7 heteroatoms. The average Bonchev–Trinajstić information content (AvgIpc) is 2.17. The van der Waals surface area contributed by atoms with E-state index in [0.29, 0.717) is 31.4 Å². The zero-order chi connectivity index (χ0) is 11.5. The van der Waals surface area contributed by atoms with Crippen molar-refractivity contribution in [2.45, 2.75) is 0 Å². The van der Waals surface area contributed by atoms with E-state index >= 15 is 0 Å². The highest BCUT2D eigenvalue weighted by molar-refractivity contribution is 7.80. The fourth-order valence-electron chi connectivity index (χ4n) is 0.739. The second-order valence-corrected chi connectivity index (χ2v) is 3.10. The van der Waals surface area contributed by atoms with Gasteiger partial charge in [-0.2, -0.15) is 0 Å². The number of carbonyl (C=O) groups is 1. The van der Waals surface area contributed by atoms with Crippen molar-refractivity contribution in [3.05, 3.63) is 0 Å². The molecule has 6 nitrogen and oxygen atoms in total. The molecule has 0 aromatic rings. The lowest BCUT2D eigenvalue weighted by molar-refractivity contribution is -0.122. The van der Waals surface area contributed by atoms with Gasteiger partial charge < -0.3 is 25.8 Å². The van der Waals surface area contributed by atoms with Crippen LogP contribution in [-0.2, 0) is 14.3 Å². The lowest BCUT2D eigenvalue weighted by atomic mass is 10.6. The number of carbonyl (C=O) groups excluding carboxylic acids is 1. The predicted octanol–water partition coefficient (Wildman–Crippen LogP) is -1.40. The maximum absolute atomic E-state index is 10.3. The number of rotatable bonds is 8. The number of amides is 1. The molecule has 0 aliphatic carbocycles. The SMILES string of the molecule is COCCNC(=S)NCCOCC(N)=O. The molecule has 0 saturated heterocycles. The van der Waals surface area contributed by atoms with Gasteiger partial charge in [-0.1, -0.05) is 0 Å². The first-order valence-electron chi connectivity index (χ1n) is 4.53. The first kappa shape index (κ1) is 14.1. The van der Waals surface area contributed by atoms with Gasteiger partial charge in [0.05, 0.1) is 13.2 Å². The second-order valence-electron chi connectivity index (χ2n) is 2.69. The molecule has 0 radical (unpaired) electrons. The van der Waals surface area contributed by atoms with Crippen LogP contribution in [0.15, 0.2) is 0 Å². The van der Waals surface area contributed by atoms with Crippen LogP contribution in [0.1, 0.15) is 0 Å². The van der Waals surface area contributed by atoms with Gasteiger partial charge in [-0.25, -0.2) is 0 Å². The molecule has 88 valence electrons. The molecule has 0 rings (SSSR count). The lowest BCUT2D eigenvalue weighted by Crippen LogP contribution is -2.38. The molecule has 0 atom stereocenters. The molecule has 0 bridgehead atoms. The number of hydrogen-bond acceptors (Lipinski definition) is 4. The minimum Gasteiger partial charge on any atom is -0.383 e. The summed E-state index contributed by atoms with van der Waals surface area (Å²) in [6.07, 6.45) is 0. The van der Waals surface area contributed by atoms with Crippen LogP contribution >= 0.6 is 12.2 Å². The van der Waals surface area contributed by atoms with Gasteiger partial charge in [-0.15, -0.1) is 0 Å². The van der Waals surface area contributed by atoms with E-state index in [1.54, 1.807) is 7.11 Å². The van der Waals surface area contributed by atoms with E-state index in [-0.39, 0.29) is 6.61 Å². The maximum atomic E-state index is 10.3. The molecule has 0 fully saturated rings. The van der Waals surface area contributed by atoms with Crippen LogP contribution in [0, 0.1) is 0 Å². The van der Waals surface area contributed by atoms with Crippen LogP contribution in [0.4, 0.5) is 0 Å². The van der Waals surface area contributed by atoms with E-state index in [0.717, 1.165) is 0 Å². The van der Waals surface area contributed by atoms with Crippen molar-refractivity contribution >= 4 is 23.2 Å². The summed E-state index contributed by atoms with van der Waals surface area (Å²) in [4.78, 5) is 10.3. The van der Waals surface area contributed by atoms with Crippen molar-refractivity contribution in [1.82, 2.24) is 10.6 Å². The Balaban J connectivity index is 3.20. The molecule has 0 aromatic carbocycles. The summed E-state index contributed by atoms with van der Waals surface area (Å²) in [5, 5.41) is 6.37. The smallest absolute Gasteiger partial charge is 0.243 e. The van der Waals surface area contributed by atoms with E-state index in [1.165, 1.54) is 0 Å².